The number of esters is 2. The molecule has 0 unspecified atom stereocenters. The number of ether oxygens (including phenoxy) is 3. The Morgan fingerprint density at radius 3 is 2.09 bits per heavy atom. The van der Waals surface area contributed by atoms with Crippen LogP contribution in [0.15, 0.2) is 15.3 Å². The summed E-state index contributed by atoms with van der Waals surface area (Å²) in [6, 6.07) is 0. The van der Waals surface area contributed by atoms with Gasteiger partial charge in [-0.3, -0.25) is 9.59 Å². The summed E-state index contributed by atoms with van der Waals surface area (Å²) in [6.07, 6.45) is 3.22. The molecular weight excluding hydrogens is 292 g/mol. The lowest BCUT2D eigenvalue weighted by Crippen LogP contribution is -2.16. The number of hydrogen-bond donors (Lipinski definition) is 0. The molecule has 0 aliphatic rings. The number of rotatable bonds is 6. The van der Waals surface area contributed by atoms with Crippen LogP contribution in [0, 0.1) is 0 Å². The summed E-state index contributed by atoms with van der Waals surface area (Å²) in [5.74, 6) is -0.634. The monoisotopic (exact) mass is 310 g/mol. The smallest absolute Gasteiger partial charge is 0.346 e. The van der Waals surface area contributed by atoms with Gasteiger partial charge >= 0.3 is 17.6 Å². The largest absolute Gasteiger partial charge is 0.495 e. The van der Waals surface area contributed by atoms with Gasteiger partial charge < -0.3 is 18.6 Å². The maximum absolute atomic E-state index is 12.0. The van der Waals surface area contributed by atoms with E-state index < -0.39 is 17.6 Å². The van der Waals surface area contributed by atoms with E-state index in [1.54, 1.807) is 19.1 Å². The van der Waals surface area contributed by atoms with Gasteiger partial charge in [0, 0.05) is 13.8 Å². The predicted molar refractivity (Wildman–Crippen MR) is 77.2 cm³/mol. The van der Waals surface area contributed by atoms with E-state index in [2.05, 4.69) is 0 Å². The van der Waals surface area contributed by atoms with E-state index in [1.165, 1.54) is 21.0 Å². The molecule has 1 heterocycles. The van der Waals surface area contributed by atoms with Crippen LogP contribution in [0.3, 0.4) is 0 Å². The van der Waals surface area contributed by atoms with Gasteiger partial charge in [0.15, 0.2) is 0 Å². The number of allylic oxidation sites excluding steroid dienone is 1. The Hall–Kier alpha value is -2.57. The maximum atomic E-state index is 12.0. The summed E-state index contributed by atoms with van der Waals surface area (Å²) >= 11 is 0. The highest BCUT2D eigenvalue weighted by Gasteiger charge is 2.21. The molecule has 7 heteroatoms. The highest BCUT2D eigenvalue weighted by atomic mass is 16.5. The van der Waals surface area contributed by atoms with Crippen LogP contribution in [-0.2, 0) is 32.3 Å². The van der Waals surface area contributed by atoms with Crippen molar-refractivity contribution in [3.63, 3.8) is 0 Å². The van der Waals surface area contributed by atoms with Gasteiger partial charge in [0.05, 0.1) is 12.7 Å². The summed E-state index contributed by atoms with van der Waals surface area (Å²) in [5.41, 5.74) is -0.247. The molecule has 1 rings (SSSR count). The Balaban J connectivity index is 3.39. The number of methoxy groups -OCH3 is 1. The van der Waals surface area contributed by atoms with Crippen LogP contribution in [0.1, 0.15) is 37.7 Å². The standard InChI is InChI=1S/C15H18O7/c1-5-6-13-11(7-20-9(2)16)14(19-4)12(15(18)22-13)8-21-10(3)17/h5-6H,7-8H2,1-4H3/b6-5+. The average molecular weight is 310 g/mol. The van der Waals surface area contributed by atoms with Crippen molar-refractivity contribution in [1.82, 2.24) is 0 Å². The van der Waals surface area contributed by atoms with Crippen LogP contribution < -0.4 is 10.4 Å². The quantitative estimate of drug-likeness (QED) is 0.740. The molecule has 7 nitrogen and oxygen atoms in total. The SMILES string of the molecule is C/C=C/c1oc(=O)c(COC(C)=O)c(OC)c1COC(C)=O. The fraction of sp³-hybridized carbons (Fsp3) is 0.400. The summed E-state index contributed by atoms with van der Waals surface area (Å²) in [5, 5.41) is 0. The maximum Gasteiger partial charge on any atom is 0.346 e. The van der Waals surface area contributed by atoms with E-state index in [0.717, 1.165) is 0 Å². The molecule has 0 radical (unpaired) electrons. The van der Waals surface area contributed by atoms with Crippen molar-refractivity contribution in [3.05, 3.63) is 33.4 Å². The molecule has 22 heavy (non-hydrogen) atoms. The van der Waals surface area contributed by atoms with Crippen LogP contribution in [0.25, 0.3) is 6.08 Å². The second-order valence-electron chi connectivity index (χ2n) is 4.30. The normalized spacial score (nSPS) is 10.5. The first kappa shape index (κ1) is 17.5. The predicted octanol–water partition coefficient (Wildman–Crippen LogP) is 1.81. The van der Waals surface area contributed by atoms with Gasteiger partial charge in [-0.15, -0.1) is 0 Å². The van der Waals surface area contributed by atoms with E-state index in [4.69, 9.17) is 18.6 Å². The molecule has 0 bridgehead atoms. The third kappa shape index (κ3) is 4.47. The topological polar surface area (TPSA) is 92.0 Å². The van der Waals surface area contributed by atoms with Crippen molar-refractivity contribution in [1.29, 1.82) is 0 Å². The van der Waals surface area contributed by atoms with Gasteiger partial charge in [-0.1, -0.05) is 6.08 Å². The van der Waals surface area contributed by atoms with E-state index in [-0.39, 0.29) is 30.3 Å². The lowest BCUT2D eigenvalue weighted by molar-refractivity contribution is -0.142. The minimum absolute atomic E-state index is 0.0492. The van der Waals surface area contributed by atoms with Gasteiger partial charge in [-0.25, -0.2) is 4.79 Å². The Bertz CT molecular complexity index is 640. The van der Waals surface area contributed by atoms with Crippen LogP contribution in [-0.4, -0.2) is 19.0 Å². The van der Waals surface area contributed by atoms with E-state index >= 15 is 0 Å². The molecule has 0 fully saturated rings. The van der Waals surface area contributed by atoms with E-state index in [0.29, 0.717) is 5.56 Å². The molecule has 0 atom stereocenters. The second kappa shape index (κ2) is 8.02. The molecule has 0 amide bonds. The van der Waals surface area contributed by atoms with Gasteiger partial charge in [-0.05, 0) is 13.0 Å². The molecule has 0 saturated carbocycles. The summed E-state index contributed by atoms with van der Waals surface area (Å²) in [6.45, 7) is 3.82. The zero-order valence-corrected chi connectivity index (χ0v) is 12.9. The first-order valence-electron chi connectivity index (χ1n) is 6.53. The summed E-state index contributed by atoms with van der Waals surface area (Å²) < 4.78 is 20.2. The Morgan fingerprint density at radius 2 is 1.64 bits per heavy atom. The van der Waals surface area contributed by atoms with Crippen molar-refractivity contribution < 1.29 is 28.2 Å². The number of carbonyl (C=O) groups is 2. The van der Waals surface area contributed by atoms with Crippen molar-refractivity contribution in [2.24, 2.45) is 0 Å². The second-order valence-corrected chi connectivity index (χ2v) is 4.30. The fourth-order valence-electron chi connectivity index (χ4n) is 1.75. The lowest BCUT2D eigenvalue weighted by atomic mass is 10.1. The van der Waals surface area contributed by atoms with E-state index in [1.807, 2.05) is 0 Å². The fourth-order valence-corrected chi connectivity index (χ4v) is 1.75. The summed E-state index contributed by atoms with van der Waals surface area (Å²) in [7, 11) is 1.36. The Kier molecular flexibility index (Phi) is 6.37. The van der Waals surface area contributed by atoms with Gasteiger partial charge in [0.25, 0.3) is 0 Å². The summed E-state index contributed by atoms with van der Waals surface area (Å²) in [4.78, 5) is 33.9. The Labute approximate surface area is 127 Å². The van der Waals surface area contributed by atoms with E-state index in [9.17, 15) is 14.4 Å². The highest BCUT2D eigenvalue weighted by Crippen LogP contribution is 2.27. The van der Waals surface area contributed by atoms with Crippen LogP contribution in [0.2, 0.25) is 0 Å². The van der Waals surface area contributed by atoms with Crippen LogP contribution >= 0.6 is 0 Å². The molecule has 120 valence electrons. The molecule has 0 saturated heterocycles. The molecule has 1 aromatic heterocycles. The molecule has 0 spiro atoms. The molecule has 0 aliphatic heterocycles. The van der Waals surface area contributed by atoms with Crippen LogP contribution in [0.4, 0.5) is 0 Å². The van der Waals surface area contributed by atoms with Gasteiger partial charge in [0.1, 0.15) is 30.3 Å². The molecule has 0 aliphatic carbocycles. The minimum Gasteiger partial charge on any atom is -0.495 e. The highest BCUT2D eigenvalue weighted by molar-refractivity contribution is 5.67. The van der Waals surface area contributed by atoms with Crippen molar-refractivity contribution in [2.75, 3.05) is 7.11 Å². The molecule has 0 aromatic carbocycles. The molecule has 1 aromatic rings. The zero-order chi connectivity index (χ0) is 16.7. The van der Waals surface area contributed by atoms with Crippen molar-refractivity contribution >= 4 is 18.0 Å². The zero-order valence-electron chi connectivity index (χ0n) is 12.9. The van der Waals surface area contributed by atoms with Crippen LogP contribution in [0.5, 0.6) is 5.75 Å². The number of carbonyl (C=O) groups excluding carboxylic acids is 2. The Morgan fingerprint density at radius 1 is 1.09 bits per heavy atom. The number of hydrogen-bond acceptors (Lipinski definition) is 7. The third-order valence-corrected chi connectivity index (χ3v) is 2.66. The van der Waals surface area contributed by atoms with Crippen molar-refractivity contribution in [3.8, 4) is 5.75 Å². The average Bonchev–Trinajstić information content (AvgIpc) is 2.44. The van der Waals surface area contributed by atoms with Crippen molar-refractivity contribution in [2.45, 2.75) is 34.0 Å². The lowest BCUT2D eigenvalue weighted by Gasteiger charge is -2.14. The first-order valence-corrected chi connectivity index (χ1v) is 6.53. The molecular formula is C15H18O7. The van der Waals surface area contributed by atoms with Gasteiger partial charge in [-0.2, -0.15) is 0 Å². The first-order chi connectivity index (χ1) is 10.4. The third-order valence-electron chi connectivity index (χ3n) is 2.66. The molecule has 0 N–H and O–H groups in total. The van der Waals surface area contributed by atoms with Gasteiger partial charge in [0.2, 0.25) is 0 Å². The minimum atomic E-state index is -0.683.